The molecule has 0 fully saturated rings. The van der Waals surface area contributed by atoms with Gasteiger partial charge in [0, 0.05) is 19.3 Å². The van der Waals surface area contributed by atoms with Gasteiger partial charge in [-0.15, -0.1) is 0 Å². The van der Waals surface area contributed by atoms with E-state index in [1.54, 1.807) is 0 Å². The Balaban J connectivity index is 4.27. The lowest BCUT2D eigenvalue weighted by Crippen LogP contribution is -2.30. The van der Waals surface area contributed by atoms with Gasteiger partial charge in [0.05, 0.1) is 0 Å². The van der Waals surface area contributed by atoms with Gasteiger partial charge in [-0.3, -0.25) is 14.4 Å². The zero-order valence-electron chi connectivity index (χ0n) is 53.2. The Bertz CT molecular complexity index is 1360. The Labute approximate surface area is 492 Å². The fourth-order valence-electron chi connectivity index (χ4n) is 10.5. The summed E-state index contributed by atoms with van der Waals surface area (Å²) in [7, 11) is 0. The number of ether oxygens (including phenoxy) is 3. The van der Waals surface area contributed by atoms with Crippen LogP contribution in [0.15, 0.2) is 48.6 Å². The molecule has 0 aliphatic carbocycles. The minimum atomic E-state index is -0.774. The monoisotopic (exact) mass is 1110 g/mol. The Morgan fingerprint density at radius 1 is 0.253 bits per heavy atom. The molecule has 0 saturated heterocycles. The number of hydrogen-bond acceptors (Lipinski definition) is 6. The van der Waals surface area contributed by atoms with E-state index in [4.69, 9.17) is 14.2 Å². The van der Waals surface area contributed by atoms with Crippen LogP contribution in [0.25, 0.3) is 0 Å². The molecule has 0 saturated carbocycles. The number of allylic oxidation sites excluding steroid dienone is 8. The maximum Gasteiger partial charge on any atom is 0.306 e. The van der Waals surface area contributed by atoms with Crippen molar-refractivity contribution in [1.29, 1.82) is 0 Å². The molecule has 0 aliphatic heterocycles. The first-order valence-corrected chi connectivity index (χ1v) is 35.1. The highest BCUT2D eigenvalue weighted by Gasteiger charge is 2.19. The zero-order valence-corrected chi connectivity index (χ0v) is 53.2. The van der Waals surface area contributed by atoms with Crippen LogP contribution in [0, 0.1) is 0 Å². The lowest BCUT2D eigenvalue weighted by molar-refractivity contribution is -0.167. The summed E-state index contributed by atoms with van der Waals surface area (Å²) in [6.45, 7) is 6.69. The van der Waals surface area contributed by atoms with E-state index in [9.17, 15) is 14.4 Å². The number of unbranched alkanes of at least 4 members (excludes halogenated alkanes) is 46. The molecule has 0 radical (unpaired) electrons. The molecule has 0 aromatic rings. The summed E-state index contributed by atoms with van der Waals surface area (Å²) in [4.78, 5) is 38.4. The van der Waals surface area contributed by atoms with Crippen molar-refractivity contribution in [1.82, 2.24) is 0 Å². The fourth-order valence-corrected chi connectivity index (χ4v) is 10.5. The molecule has 0 N–H and O–H groups in total. The molecule has 6 heteroatoms. The molecule has 79 heavy (non-hydrogen) atoms. The maximum absolute atomic E-state index is 12.9. The molecule has 0 bridgehead atoms. The van der Waals surface area contributed by atoms with Gasteiger partial charge in [-0.25, -0.2) is 0 Å². The van der Waals surface area contributed by atoms with Crippen LogP contribution in [0.5, 0.6) is 0 Å². The third-order valence-corrected chi connectivity index (χ3v) is 15.8. The van der Waals surface area contributed by atoms with Crippen molar-refractivity contribution in [2.24, 2.45) is 0 Å². The second kappa shape index (κ2) is 67.9. The van der Waals surface area contributed by atoms with Crippen molar-refractivity contribution in [3.63, 3.8) is 0 Å². The van der Waals surface area contributed by atoms with E-state index in [2.05, 4.69) is 69.4 Å². The van der Waals surface area contributed by atoms with Crippen molar-refractivity contribution in [3.8, 4) is 0 Å². The van der Waals surface area contributed by atoms with Gasteiger partial charge in [-0.05, 0) is 83.5 Å². The average molecular weight is 1110 g/mol. The minimum Gasteiger partial charge on any atom is -0.462 e. The second-order valence-corrected chi connectivity index (χ2v) is 23.8. The Morgan fingerprint density at radius 3 is 0.722 bits per heavy atom. The molecule has 1 unspecified atom stereocenters. The van der Waals surface area contributed by atoms with E-state index in [-0.39, 0.29) is 31.1 Å². The third kappa shape index (κ3) is 66.1. The van der Waals surface area contributed by atoms with Crippen LogP contribution in [0.4, 0.5) is 0 Å². The van der Waals surface area contributed by atoms with Gasteiger partial charge in [0.15, 0.2) is 6.10 Å². The minimum absolute atomic E-state index is 0.0700. The van der Waals surface area contributed by atoms with Crippen LogP contribution in [0.2, 0.25) is 0 Å². The molecule has 0 aromatic carbocycles. The SMILES string of the molecule is CCCCCCC/C=C\C/C=C\C/C=C\CCCCCCCCCCCCC(=O)OCC(COC(=O)CCCCCCCCCCCCCCC)OC(=O)CCCCCCCCCCCCC/C=C\CCCCCCCCCC. The highest BCUT2D eigenvalue weighted by molar-refractivity contribution is 5.71. The summed E-state index contributed by atoms with van der Waals surface area (Å²) < 4.78 is 17.0. The lowest BCUT2D eigenvalue weighted by Gasteiger charge is -2.18. The zero-order chi connectivity index (χ0) is 57.1. The summed E-state index contributed by atoms with van der Waals surface area (Å²) in [6.07, 6.45) is 85.6. The molecular formula is C73H134O6. The van der Waals surface area contributed by atoms with Crippen LogP contribution in [0.1, 0.15) is 380 Å². The van der Waals surface area contributed by atoms with Crippen molar-refractivity contribution >= 4 is 17.9 Å². The first kappa shape index (κ1) is 76.4. The smallest absolute Gasteiger partial charge is 0.306 e. The van der Waals surface area contributed by atoms with Gasteiger partial charge in [-0.1, -0.05) is 326 Å². The predicted octanol–water partition coefficient (Wildman–Crippen LogP) is 24.1. The topological polar surface area (TPSA) is 78.9 Å². The molecule has 0 amide bonds. The predicted molar refractivity (Wildman–Crippen MR) is 344 cm³/mol. The second-order valence-electron chi connectivity index (χ2n) is 23.8. The van der Waals surface area contributed by atoms with E-state index in [1.165, 1.54) is 270 Å². The first-order chi connectivity index (χ1) is 39.0. The summed E-state index contributed by atoms with van der Waals surface area (Å²) >= 11 is 0. The lowest BCUT2D eigenvalue weighted by atomic mass is 10.0. The summed E-state index contributed by atoms with van der Waals surface area (Å²) in [5.41, 5.74) is 0. The van der Waals surface area contributed by atoms with Crippen LogP contribution < -0.4 is 0 Å². The molecule has 0 spiro atoms. The van der Waals surface area contributed by atoms with E-state index in [0.29, 0.717) is 19.3 Å². The molecule has 0 aromatic heterocycles. The number of hydrogen-bond donors (Lipinski definition) is 0. The maximum atomic E-state index is 12.9. The van der Waals surface area contributed by atoms with Crippen molar-refractivity contribution in [3.05, 3.63) is 48.6 Å². The number of carbonyl (C=O) groups is 3. The van der Waals surface area contributed by atoms with Crippen molar-refractivity contribution in [2.75, 3.05) is 13.2 Å². The fraction of sp³-hybridized carbons (Fsp3) is 0.849. The Kier molecular flexibility index (Phi) is 65.6. The highest BCUT2D eigenvalue weighted by Crippen LogP contribution is 2.18. The van der Waals surface area contributed by atoms with Gasteiger partial charge in [0.2, 0.25) is 0 Å². The van der Waals surface area contributed by atoms with Gasteiger partial charge in [0.1, 0.15) is 13.2 Å². The van der Waals surface area contributed by atoms with Gasteiger partial charge in [-0.2, -0.15) is 0 Å². The quantitative estimate of drug-likeness (QED) is 0.0261. The van der Waals surface area contributed by atoms with E-state index >= 15 is 0 Å². The average Bonchev–Trinajstić information content (AvgIpc) is 3.45. The molecule has 462 valence electrons. The number of rotatable bonds is 65. The molecular weight excluding hydrogens is 973 g/mol. The summed E-state index contributed by atoms with van der Waals surface area (Å²) in [5, 5.41) is 0. The molecule has 0 aliphatic rings. The van der Waals surface area contributed by atoms with Crippen LogP contribution in [0.3, 0.4) is 0 Å². The van der Waals surface area contributed by atoms with E-state index < -0.39 is 6.10 Å². The van der Waals surface area contributed by atoms with E-state index in [0.717, 1.165) is 70.6 Å². The van der Waals surface area contributed by atoms with Gasteiger partial charge < -0.3 is 14.2 Å². The van der Waals surface area contributed by atoms with Crippen LogP contribution >= 0.6 is 0 Å². The normalized spacial score (nSPS) is 12.3. The van der Waals surface area contributed by atoms with E-state index in [1.807, 2.05) is 0 Å². The van der Waals surface area contributed by atoms with Crippen molar-refractivity contribution < 1.29 is 28.6 Å². The first-order valence-electron chi connectivity index (χ1n) is 35.1. The largest absolute Gasteiger partial charge is 0.462 e. The Morgan fingerprint density at radius 2 is 0.456 bits per heavy atom. The van der Waals surface area contributed by atoms with Crippen LogP contribution in [-0.2, 0) is 28.6 Å². The van der Waals surface area contributed by atoms with Gasteiger partial charge >= 0.3 is 17.9 Å². The van der Waals surface area contributed by atoms with Crippen molar-refractivity contribution in [2.45, 2.75) is 386 Å². The molecule has 6 nitrogen and oxygen atoms in total. The summed E-state index contributed by atoms with van der Waals surface area (Å²) in [5.74, 6) is -0.849. The molecule has 0 rings (SSSR count). The molecule has 0 heterocycles. The standard InChI is InChI=1S/C73H134O6/c1-4-7-10-13-16-19-22-25-27-29-31-33-35-36-38-39-41-43-45-48-51-54-57-60-63-66-72(75)78-69-70(68-77-71(74)65-62-59-56-53-50-47-24-21-18-15-12-9-6-3)79-73(76)67-64-61-58-55-52-49-46-44-42-40-37-34-32-30-28-26-23-20-17-14-11-8-5-2/h22,25,29-32,35-36,70H,4-21,23-24,26-28,33-34,37-69H2,1-3H3/b25-22-,31-29-,32-30-,36-35-. The molecule has 1 atom stereocenters. The summed E-state index contributed by atoms with van der Waals surface area (Å²) in [6, 6.07) is 0. The number of carbonyl (C=O) groups excluding carboxylic acids is 3. The van der Waals surface area contributed by atoms with Crippen LogP contribution in [-0.4, -0.2) is 37.2 Å². The highest BCUT2D eigenvalue weighted by atomic mass is 16.6. The number of esters is 3. The Hall–Kier alpha value is -2.63. The third-order valence-electron chi connectivity index (χ3n) is 15.8. The van der Waals surface area contributed by atoms with Gasteiger partial charge in [0.25, 0.3) is 0 Å².